The van der Waals surface area contributed by atoms with Gasteiger partial charge in [0, 0.05) is 33.4 Å². The minimum atomic E-state index is -0.224. The van der Waals surface area contributed by atoms with E-state index in [1.54, 1.807) is 7.11 Å². The number of oxazole rings is 1. The predicted molar refractivity (Wildman–Crippen MR) is 71.5 cm³/mol. The summed E-state index contributed by atoms with van der Waals surface area (Å²) in [5.74, 6) is 0.310. The van der Waals surface area contributed by atoms with Crippen molar-refractivity contribution in [1.82, 2.24) is 15.6 Å². The Morgan fingerprint density at radius 2 is 2.40 bits per heavy atom. The number of nitrogens with one attached hydrogen (secondary N) is 2. The smallest absolute Gasteiger partial charge is 0.273 e. The van der Waals surface area contributed by atoms with Crippen LogP contribution in [0, 0.1) is 0 Å². The zero-order valence-electron chi connectivity index (χ0n) is 11.7. The molecule has 1 aromatic heterocycles. The number of carbonyl (C=O) groups is 1. The molecule has 0 spiro atoms. The monoisotopic (exact) mass is 283 g/mol. The summed E-state index contributed by atoms with van der Waals surface area (Å²) in [5, 5.41) is 5.95. The van der Waals surface area contributed by atoms with E-state index >= 15 is 0 Å². The van der Waals surface area contributed by atoms with E-state index in [0.29, 0.717) is 37.8 Å². The van der Waals surface area contributed by atoms with Crippen LogP contribution >= 0.6 is 0 Å². The molecule has 2 N–H and O–H groups in total. The number of hydrogen-bond donors (Lipinski definition) is 2. The average Bonchev–Trinajstić information content (AvgIpc) is 3.11. The fraction of sp³-hybridized carbons (Fsp3) is 0.692. The second-order valence-electron chi connectivity index (χ2n) is 4.57. The van der Waals surface area contributed by atoms with Crippen LogP contribution in [-0.4, -0.2) is 50.8 Å². The van der Waals surface area contributed by atoms with Crippen molar-refractivity contribution in [3.63, 3.8) is 0 Å². The third kappa shape index (κ3) is 4.03. The van der Waals surface area contributed by atoms with Crippen LogP contribution in [0.2, 0.25) is 0 Å². The summed E-state index contributed by atoms with van der Waals surface area (Å²) in [4.78, 5) is 16.0. The van der Waals surface area contributed by atoms with E-state index in [0.717, 1.165) is 19.4 Å². The molecule has 2 rings (SSSR count). The maximum absolute atomic E-state index is 12.0. The van der Waals surface area contributed by atoms with E-state index in [1.807, 2.05) is 0 Å². The molecular weight excluding hydrogens is 262 g/mol. The molecule has 0 saturated carbocycles. The summed E-state index contributed by atoms with van der Waals surface area (Å²) >= 11 is 0. The highest BCUT2D eigenvalue weighted by Crippen LogP contribution is 2.30. The summed E-state index contributed by atoms with van der Waals surface area (Å²) in [6.07, 6.45) is 3.00. The number of rotatable bonds is 8. The van der Waals surface area contributed by atoms with Gasteiger partial charge in [0.15, 0.2) is 17.8 Å². The first kappa shape index (κ1) is 15.0. The Morgan fingerprint density at radius 1 is 1.50 bits per heavy atom. The van der Waals surface area contributed by atoms with Gasteiger partial charge in [-0.3, -0.25) is 4.79 Å². The van der Waals surface area contributed by atoms with Crippen molar-refractivity contribution in [1.29, 1.82) is 0 Å². The van der Waals surface area contributed by atoms with Gasteiger partial charge in [-0.1, -0.05) is 0 Å². The zero-order chi connectivity index (χ0) is 14.2. The molecule has 1 amide bonds. The van der Waals surface area contributed by atoms with E-state index in [9.17, 15) is 4.79 Å². The molecule has 112 valence electrons. The van der Waals surface area contributed by atoms with E-state index in [1.165, 1.54) is 6.39 Å². The van der Waals surface area contributed by atoms with Crippen molar-refractivity contribution >= 4 is 5.91 Å². The lowest BCUT2D eigenvalue weighted by Crippen LogP contribution is -2.33. The van der Waals surface area contributed by atoms with E-state index in [4.69, 9.17) is 13.9 Å². The fourth-order valence-corrected chi connectivity index (χ4v) is 2.09. The summed E-state index contributed by atoms with van der Waals surface area (Å²) in [7, 11) is 1.65. The molecule has 1 aliphatic rings. The zero-order valence-corrected chi connectivity index (χ0v) is 11.7. The van der Waals surface area contributed by atoms with Crippen LogP contribution < -0.4 is 10.6 Å². The molecule has 1 fully saturated rings. The second-order valence-corrected chi connectivity index (χ2v) is 4.57. The molecule has 1 saturated heterocycles. The van der Waals surface area contributed by atoms with Crippen molar-refractivity contribution in [3.05, 3.63) is 17.8 Å². The van der Waals surface area contributed by atoms with Crippen molar-refractivity contribution in [2.75, 3.05) is 40.0 Å². The molecule has 2 heterocycles. The number of ether oxygens (including phenoxy) is 2. The maximum atomic E-state index is 12.0. The van der Waals surface area contributed by atoms with Crippen molar-refractivity contribution < 1.29 is 18.7 Å². The molecule has 7 nitrogen and oxygen atoms in total. The second kappa shape index (κ2) is 7.98. The van der Waals surface area contributed by atoms with Gasteiger partial charge in [0.2, 0.25) is 0 Å². The Kier molecular flexibility index (Phi) is 5.97. The number of aromatic nitrogens is 1. The molecule has 0 aromatic carbocycles. The van der Waals surface area contributed by atoms with Gasteiger partial charge in [-0.05, 0) is 12.8 Å². The number of amides is 1. The standard InChI is InChI=1S/C13H21N3O4/c1-18-8-6-14-4-5-15-13(17)11-12(20-9-16-11)10-3-2-7-19-10/h9-10,14H,2-8H2,1H3,(H,15,17). The van der Waals surface area contributed by atoms with Crippen LogP contribution in [0.4, 0.5) is 0 Å². The summed E-state index contributed by atoms with van der Waals surface area (Å²) in [5.41, 5.74) is 0.328. The van der Waals surface area contributed by atoms with E-state index in [2.05, 4.69) is 15.6 Å². The van der Waals surface area contributed by atoms with Gasteiger partial charge >= 0.3 is 0 Å². The Hall–Kier alpha value is -1.44. The van der Waals surface area contributed by atoms with Crippen LogP contribution in [0.25, 0.3) is 0 Å². The Morgan fingerprint density at radius 3 is 3.15 bits per heavy atom. The van der Waals surface area contributed by atoms with Gasteiger partial charge in [0.05, 0.1) is 6.61 Å². The lowest BCUT2D eigenvalue weighted by Gasteiger charge is -2.08. The van der Waals surface area contributed by atoms with Crippen LogP contribution in [0.3, 0.4) is 0 Å². The quantitative estimate of drug-likeness (QED) is 0.675. The largest absolute Gasteiger partial charge is 0.445 e. The van der Waals surface area contributed by atoms with Crippen molar-refractivity contribution in [2.45, 2.75) is 18.9 Å². The number of methoxy groups -OCH3 is 1. The van der Waals surface area contributed by atoms with Crippen LogP contribution in [0.1, 0.15) is 35.2 Å². The topological polar surface area (TPSA) is 85.6 Å². The molecule has 7 heteroatoms. The molecule has 1 unspecified atom stereocenters. The Bertz CT molecular complexity index is 416. The molecule has 20 heavy (non-hydrogen) atoms. The Labute approximate surface area is 118 Å². The number of nitrogens with zero attached hydrogens (tertiary/aromatic N) is 1. The first-order valence-electron chi connectivity index (χ1n) is 6.85. The highest BCUT2D eigenvalue weighted by Gasteiger charge is 2.27. The number of carbonyl (C=O) groups excluding carboxylic acids is 1. The third-order valence-corrected chi connectivity index (χ3v) is 3.10. The normalized spacial score (nSPS) is 18.4. The van der Waals surface area contributed by atoms with Gasteiger partial charge in [-0.15, -0.1) is 0 Å². The highest BCUT2D eigenvalue weighted by atomic mass is 16.5. The lowest BCUT2D eigenvalue weighted by molar-refractivity contribution is 0.0861. The van der Waals surface area contributed by atoms with Gasteiger partial charge in [0.1, 0.15) is 6.10 Å². The summed E-state index contributed by atoms with van der Waals surface area (Å²) in [6, 6.07) is 0. The first-order valence-corrected chi connectivity index (χ1v) is 6.85. The maximum Gasteiger partial charge on any atom is 0.273 e. The predicted octanol–water partition coefficient (Wildman–Crippen LogP) is 0.492. The SMILES string of the molecule is COCCNCCNC(=O)c1ncoc1C1CCCO1. The Balaban J connectivity index is 1.76. The van der Waals surface area contributed by atoms with Crippen LogP contribution in [0.15, 0.2) is 10.8 Å². The van der Waals surface area contributed by atoms with Crippen LogP contribution in [-0.2, 0) is 9.47 Å². The van der Waals surface area contributed by atoms with Gasteiger partial charge in [0.25, 0.3) is 5.91 Å². The summed E-state index contributed by atoms with van der Waals surface area (Å²) in [6.45, 7) is 3.33. The highest BCUT2D eigenvalue weighted by molar-refractivity contribution is 5.93. The molecule has 1 aromatic rings. The molecule has 0 bridgehead atoms. The fourth-order valence-electron chi connectivity index (χ4n) is 2.09. The first-order chi connectivity index (χ1) is 9.83. The minimum Gasteiger partial charge on any atom is -0.445 e. The van der Waals surface area contributed by atoms with Crippen molar-refractivity contribution in [2.24, 2.45) is 0 Å². The molecule has 0 radical (unpaired) electrons. The van der Waals surface area contributed by atoms with E-state index < -0.39 is 0 Å². The van der Waals surface area contributed by atoms with Gasteiger partial charge in [-0.2, -0.15) is 0 Å². The molecule has 1 atom stereocenters. The molecule has 1 aliphatic heterocycles. The van der Waals surface area contributed by atoms with Gasteiger partial charge < -0.3 is 24.5 Å². The number of hydrogen-bond acceptors (Lipinski definition) is 6. The van der Waals surface area contributed by atoms with Crippen molar-refractivity contribution in [3.8, 4) is 0 Å². The summed E-state index contributed by atoms with van der Waals surface area (Å²) < 4.78 is 15.7. The minimum absolute atomic E-state index is 0.141. The average molecular weight is 283 g/mol. The van der Waals surface area contributed by atoms with Crippen LogP contribution in [0.5, 0.6) is 0 Å². The molecule has 0 aliphatic carbocycles. The third-order valence-electron chi connectivity index (χ3n) is 3.10. The van der Waals surface area contributed by atoms with Gasteiger partial charge in [-0.25, -0.2) is 4.98 Å². The molecular formula is C13H21N3O4. The lowest BCUT2D eigenvalue weighted by atomic mass is 10.1. The van der Waals surface area contributed by atoms with E-state index in [-0.39, 0.29) is 12.0 Å².